The lowest BCUT2D eigenvalue weighted by Gasteiger charge is -2.33. The molecule has 1 fully saturated rings. The van der Waals surface area contributed by atoms with Gasteiger partial charge in [0.15, 0.2) is 0 Å². The zero-order valence-corrected chi connectivity index (χ0v) is 17.0. The van der Waals surface area contributed by atoms with E-state index in [2.05, 4.69) is 25.3 Å². The predicted octanol–water partition coefficient (Wildman–Crippen LogP) is 2.84. The van der Waals surface area contributed by atoms with Gasteiger partial charge in [0.1, 0.15) is 17.3 Å². The van der Waals surface area contributed by atoms with Crippen molar-refractivity contribution in [3.8, 4) is 11.5 Å². The van der Waals surface area contributed by atoms with Gasteiger partial charge in [0.05, 0.1) is 18.7 Å². The zero-order valence-electron chi connectivity index (χ0n) is 17.0. The van der Waals surface area contributed by atoms with E-state index in [0.29, 0.717) is 30.6 Å². The molecule has 1 aliphatic rings. The number of hydrogen-bond acceptors (Lipinski definition) is 7. The Morgan fingerprint density at radius 3 is 2.43 bits per heavy atom. The number of nitrogens with one attached hydrogen (secondary N) is 1. The molecule has 8 nitrogen and oxygen atoms in total. The molecule has 9 heteroatoms. The molecule has 1 saturated heterocycles. The molecule has 0 saturated carbocycles. The molecule has 3 heterocycles. The highest BCUT2D eigenvalue weighted by Gasteiger charge is 2.21. The van der Waals surface area contributed by atoms with Crippen LogP contribution in [0, 0.1) is 19.7 Å². The molecule has 1 amide bonds. The van der Waals surface area contributed by atoms with Gasteiger partial charge in [-0.15, -0.1) is 10.2 Å². The summed E-state index contributed by atoms with van der Waals surface area (Å²) in [6.07, 6.45) is 0. The van der Waals surface area contributed by atoms with Crippen molar-refractivity contribution in [2.24, 2.45) is 0 Å². The molecule has 1 aliphatic heterocycles. The van der Waals surface area contributed by atoms with Gasteiger partial charge in [-0.25, -0.2) is 4.39 Å². The van der Waals surface area contributed by atoms with E-state index in [4.69, 9.17) is 8.83 Å². The minimum Gasteiger partial charge on any atom is -0.466 e. The first-order chi connectivity index (χ1) is 14.5. The predicted molar refractivity (Wildman–Crippen MR) is 108 cm³/mol. The molecule has 0 radical (unpaired) electrons. The summed E-state index contributed by atoms with van der Waals surface area (Å²) < 4.78 is 24.3. The van der Waals surface area contributed by atoms with Gasteiger partial charge in [-0.2, -0.15) is 0 Å². The maximum atomic E-state index is 13.0. The van der Waals surface area contributed by atoms with E-state index in [1.165, 1.54) is 12.1 Å². The van der Waals surface area contributed by atoms with Crippen LogP contribution in [0.25, 0.3) is 11.5 Å². The number of hydrogen-bond donors (Lipinski definition) is 1. The monoisotopic (exact) mass is 413 g/mol. The molecular weight excluding hydrogens is 389 g/mol. The van der Waals surface area contributed by atoms with E-state index in [0.717, 1.165) is 43.3 Å². The second kappa shape index (κ2) is 8.76. The molecule has 4 rings (SSSR count). The molecule has 1 N–H and O–H groups in total. The number of carbonyl (C=O) groups is 1. The number of amides is 1. The molecule has 2 aromatic heterocycles. The molecule has 0 spiro atoms. The first kappa shape index (κ1) is 20.2. The number of nitrogens with zero attached hydrogens (tertiary/aromatic N) is 4. The standard InChI is InChI=1S/C21H24FN5O3/c1-14-11-18(15(2)29-14)21-25-24-20(30-21)13-27-9-7-26(8-10-27)12-19(28)23-17-5-3-16(22)4-6-17/h3-6,11H,7-10,12-13H2,1-2H3,(H,23,28). The number of furan rings is 1. The Morgan fingerprint density at radius 1 is 1.07 bits per heavy atom. The van der Waals surface area contributed by atoms with Crippen LogP contribution < -0.4 is 5.32 Å². The van der Waals surface area contributed by atoms with Gasteiger partial charge >= 0.3 is 0 Å². The van der Waals surface area contributed by atoms with E-state index in [1.807, 2.05) is 19.9 Å². The van der Waals surface area contributed by atoms with Crippen molar-refractivity contribution >= 4 is 11.6 Å². The van der Waals surface area contributed by atoms with Crippen LogP contribution in [0.4, 0.5) is 10.1 Å². The lowest BCUT2D eigenvalue weighted by Crippen LogP contribution is -2.48. The van der Waals surface area contributed by atoms with E-state index < -0.39 is 0 Å². The lowest BCUT2D eigenvalue weighted by molar-refractivity contribution is -0.117. The van der Waals surface area contributed by atoms with Gasteiger partial charge in [0.25, 0.3) is 5.89 Å². The summed E-state index contributed by atoms with van der Waals surface area (Å²) in [5.41, 5.74) is 1.42. The number of aryl methyl sites for hydroxylation is 2. The molecular formula is C21H24FN5O3. The van der Waals surface area contributed by atoms with Gasteiger partial charge in [-0.3, -0.25) is 14.6 Å². The Bertz CT molecular complexity index is 1010. The maximum Gasteiger partial charge on any atom is 0.251 e. The van der Waals surface area contributed by atoms with E-state index in [1.54, 1.807) is 12.1 Å². The quantitative estimate of drug-likeness (QED) is 0.665. The van der Waals surface area contributed by atoms with Crippen molar-refractivity contribution in [1.82, 2.24) is 20.0 Å². The number of rotatable bonds is 6. The second-order valence-corrected chi connectivity index (χ2v) is 7.44. The van der Waals surface area contributed by atoms with Gasteiger partial charge in [0, 0.05) is 31.9 Å². The summed E-state index contributed by atoms with van der Waals surface area (Å²) >= 11 is 0. The zero-order chi connectivity index (χ0) is 21.1. The van der Waals surface area contributed by atoms with Crippen molar-refractivity contribution in [3.63, 3.8) is 0 Å². The third-order valence-electron chi connectivity index (χ3n) is 5.06. The Labute approximate surface area is 173 Å². The van der Waals surface area contributed by atoms with Gasteiger partial charge in [-0.05, 0) is 44.2 Å². The van der Waals surface area contributed by atoms with E-state index >= 15 is 0 Å². The molecule has 1 aromatic carbocycles. The number of aromatic nitrogens is 2. The van der Waals surface area contributed by atoms with Gasteiger partial charge < -0.3 is 14.2 Å². The molecule has 0 aliphatic carbocycles. The summed E-state index contributed by atoms with van der Waals surface area (Å²) in [7, 11) is 0. The number of carbonyl (C=O) groups excluding carboxylic acids is 1. The highest BCUT2D eigenvalue weighted by molar-refractivity contribution is 5.92. The van der Waals surface area contributed by atoms with E-state index in [9.17, 15) is 9.18 Å². The number of anilines is 1. The smallest absolute Gasteiger partial charge is 0.251 e. The topological polar surface area (TPSA) is 87.6 Å². The Morgan fingerprint density at radius 2 is 1.77 bits per heavy atom. The fourth-order valence-electron chi connectivity index (χ4n) is 3.50. The van der Waals surface area contributed by atoms with Crippen LogP contribution in [0.2, 0.25) is 0 Å². The average molecular weight is 413 g/mol. The fourth-order valence-corrected chi connectivity index (χ4v) is 3.50. The largest absolute Gasteiger partial charge is 0.466 e. The number of piperazine rings is 1. The Kier molecular flexibility index (Phi) is 5.91. The van der Waals surface area contributed by atoms with Crippen LogP contribution in [-0.2, 0) is 11.3 Å². The third-order valence-corrected chi connectivity index (χ3v) is 5.06. The van der Waals surface area contributed by atoms with Crippen LogP contribution in [-0.4, -0.2) is 58.6 Å². The van der Waals surface area contributed by atoms with Crippen molar-refractivity contribution < 1.29 is 18.0 Å². The third kappa shape index (κ3) is 4.92. The molecule has 0 unspecified atom stereocenters. The van der Waals surface area contributed by atoms with Crippen molar-refractivity contribution in [3.05, 3.63) is 53.6 Å². The first-order valence-corrected chi connectivity index (χ1v) is 9.86. The fraction of sp³-hybridized carbons (Fsp3) is 0.381. The maximum absolute atomic E-state index is 13.0. The molecule has 3 aromatic rings. The second-order valence-electron chi connectivity index (χ2n) is 7.44. The summed E-state index contributed by atoms with van der Waals surface area (Å²) in [6, 6.07) is 7.65. The van der Waals surface area contributed by atoms with Crippen molar-refractivity contribution in [1.29, 1.82) is 0 Å². The molecule has 30 heavy (non-hydrogen) atoms. The number of benzene rings is 1. The average Bonchev–Trinajstić information content (AvgIpc) is 3.30. The van der Waals surface area contributed by atoms with Crippen LogP contribution in [0.5, 0.6) is 0 Å². The summed E-state index contributed by atoms with van der Waals surface area (Å²) in [5, 5.41) is 11.1. The summed E-state index contributed by atoms with van der Waals surface area (Å²) in [5.74, 6) is 2.16. The minimum absolute atomic E-state index is 0.109. The van der Waals surface area contributed by atoms with Crippen LogP contribution in [0.3, 0.4) is 0 Å². The first-order valence-electron chi connectivity index (χ1n) is 9.86. The van der Waals surface area contributed by atoms with Gasteiger partial charge in [-0.1, -0.05) is 0 Å². The highest BCUT2D eigenvalue weighted by atomic mass is 19.1. The SMILES string of the molecule is Cc1cc(-c2nnc(CN3CCN(CC(=O)Nc4ccc(F)cc4)CC3)o2)c(C)o1. The Hall–Kier alpha value is -3.04. The lowest BCUT2D eigenvalue weighted by atomic mass is 10.2. The highest BCUT2D eigenvalue weighted by Crippen LogP contribution is 2.25. The Balaban J connectivity index is 1.24. The van der Waals surface area contributed by atoms with Crippen LogP contribution in [0.1, 0.15) is 17.4 Å². The van der Waals surface area contributed by atoms with Crippen molar-refractivity contribution in [2.75, 3.05) is 38.0 Å². The summed E-state index contributed by atoms with van der Waals surface area (Å²) in [6.45, 7) is 7.74. The molecule has 158 valence electrons. The molecule has 0 atom stereocenters. The van der Waals surface area contributed by atoms with Gasteiger partial charge in [0.2, 0.25) is 11.8 Å². The van der Waals surface area contributed by atoms with E-state index in [-0.39, 0.29) is 11.7 Å². The van der Waals surface area contributed by atoms with Crippen molar-refractivity contribution in [2.45, 2.75) is 20.4 Å². The minimum atomic E-state index is -0.326. The summed E-state index contributed by atoms with van der Waals surface area (Å²) in [4.78, 5) is 16.5. The number of halogens is 1. The van der Waals surface area contributed by atoms with Crippen LogP contribution >= 0.6 is 0 Å². The normalized spacial score (nSPS) is 15.4. The molecule has 0 bridgehead atoms. The van der Waals surface area contributed by atoms with Crippen LogP contribution in [0.15, 0.2) is 39.2 Å².